The monoisotopic (exact) mass is 511 g/mol. The van der Waals surface area contributed by atoms with Crippen molar-refractivity contribution in [2.75, 3.05) is 20.2 Å². The first-order valence-electron chi connectivity index (χ1n) is 12.5. The third kappa shape index (κ3) is 9.33. The van der Waals surface area contributed by atoms with Crippen molar-refractivity contribution in [3.63, 3.8) is 0 Å². The molecule has 200 valence electrons. The van der Waals surface area contributed by atoms with Gasteiger partial charge in [0, 0.05) is 25.6 Å². The highest BCUT2D eigenvalue weighted by Gasteiger charge is 2.28. The molecule has 9 nitrogen and oxygen atoms in total. The highest BCUT2D eigenvalue weighted by Crippen LogP contribution is 2.17. The molecule has 0 radical (unpaired) electrons. The summed E-state index contributed by atoms with van der Waals surface area (Å²) in [6.07, 6.45) is 1.12. The number of urea groups is 1. The van der Waals surface area contributed by atoms with Crippen molar-refractivity contribution in [2.24, 2.45) is 0 Å². The maximum atomic E-state index is 12.7. The lowest BCUT2D eigenvalue weighted by atomic mass is 10.0. The number of amides is 3. The SMILES string of the molecule is COC(=O)[C@H](Cc1ccc(OCc2ccccc2)cc1)NC(=O)NC1CCN(C(=O)OC(C)(C)C)CC1. The van der Waals surface area contributed by atoms with Gasteiger partial charge in [-0.2, -0.15) is 0 Å². The molecule has 1 atom stereocenters. The molecule has 2 aromatic carbocycles. The Labute approximate surface area is 218 Å². The Balaban J connectivity index is 1.47. The summed E-state index contributed by atoms with van der Waals surface area (Å²) in [7, 11) is 1.29. The van der Waals surface area contributed by atoms with Crippen LogP contribution in [-0.4, -0.2) is 60.9 Å². The van der Waals surface area contributed by atoms with Crippen LogP contribution in [-0.2, 0) is 27.3 Å². The lowest BCUT2D eigenvalue weighted by Crippen LogP contribution is -2.53. The fourth-order valence-corrected chi connectivity index (χ4v) is 3.95. The van der Waals surface area contributed by atoms with Crippen LogP contribution in [0.4, 0.5) is 9.59 Å². The summed E-state index contributed by atoms with van der Waals surface area (Å²) in [6.45, 7) is 6.92. The third-order valence-electron chi connectivity index (χ3n) is 5.88. The number of rotatable bonds is 8. The highest BCUT2D eigenvalue weighted by atomic mass is 16.6. The molecule has 1 aliphatic heterocycles. The van der Waals surface area contributed by atoms with Crippen LogP contribution >= 0.6 is 0 Å². The Morgan fingerprint density at radius 3 is 2.22 bits per heavy atom. The zero-order valence-corrected chi connectivity index (χ0v) is 22.0. The van der Waals surface area contributed by atoms with Gasteiger partial charge in [0.25, 0.3) is 0 Å². The van der Waals surface area contributed by atoms with E-state index in [-0.39, 0.29) is 18.6 Å². The number of hydrogen-bond donors (Lipinski definition) is 2. The molecule has 1 saturated heterocycles. The third-order valence-corrected chi connectivity index (χ3v) is 5.88. The van der Waals surface area contributed by atoms with Gasteiger partial charge in [0.05, 0.1) is 7.11 Å². The number of benzene rings is 2. The number of carbonyl (C=O) groups is 3. The molecule has 0 aliphatic carbocycles. The number of piperidine rings is 1. The number of likely N-dealkylation sites (tertiary alicyclic amines) is 1. The Hall–Kier alpha value is -3.75. The molecular formula is C28H37N3O6. The first kappa shape index (κ1) is 27.8. The average molecular weight is 512 g/mol. The Kier molecular flexibility index (Phi) is 9.77. The zero-order chi connectivity index (χ0) is 26.8. The Bertz CT molecular complexity index is 1030. The summed E-state index contributed by atoms with van der Waals surface area (Å²) in [5.41, 5.74) is 1.38. The van der Waals surface area contributed by atoms with Gasteiger partial charge < -0.3 is 29.7 Å². The van der Waals surface area contributed by atoms with E-state index in [4.69, 9.17) is 14.2 Å². The average Bonchev–Trinajstić information content (AvgIpc) is 2.87. The molecule has 2 N–H and O–H groups in total. The van der Waals surface area contributed by atoms with Crippen LogP contribution in [0.5, 0.6) is 5.75 Å². The fourth-order valence-electron chi connectivity index (χ4n) is 3.95. The number of methoxy groups -OCH3 is 1. The maximum absolute atomic E-state index is 12.7. The molecule has 3 amide bonds. The topological polar surface area (TPSA) is 106 Å². The van der Waals surface area contributed by atoms with Crippen molar-refractivity contribution in [1.82, 2.24) is 15.5 Å². The lowest BCUT2D eigenvalue weighted by Gasteiger charge is -2.33. The van der Waals surface area contributed by atoms with E-state index in [2.05, 4.69) is 10.6 Å². The fraction of sp³-hybridized carbons (Fsp3) is 0.464. The van der Waals surface area contributed by atoms with E-state index in [0.29, 0.717) is 38.3 Å². The van der Waals surface area contributed by atoms with Gasteiger partial charge in [-0.05, 0) is 56.9 Å². The van der Waals surface area contributed by atoms with Crippen LogP contribution in [0.25, 0.3) is 0 Å². The summed E-state index contributed by atoms with van der Waals surface area (Å²) in [4.78, 5) is 38.9. The molecule has 0 unspecified atom stereocenters. The molecule has 0 bridgehead atoms. The summed E-state index contributed by atoms with van der Waals surface area (Å²) in [5, 5.41) is 5.64. The second-order valence-electron chi connectivity index (χ2n) is 10.1. The molecule has 1 fully saturated rings. The van der Waals surface area contributed by atoms with Crippen LogP contribution in [0.3, 0.4) is 0 Å². The normalized spacial score (nSPS) is 14.9. The highest BCUT2D eigenvalue weighted by molar-refractivity contribution is 5.84. The van der Waals surface area contributed by atoms with Crippen molar-refractivity contribution in [2.45, 2.75) is 64.3 Å². The van der Waals surface area contributed by atoms with Gasteiger partial charge in [0.1, 0.15) is 24.0 Å². The van der Waals surface area contributed by atoms with E-state index < -0.39 is 23.6 Å². The van der Waals surface area contributed by atoms with Crippen molar-refractivity contribution >= 4 is 18.1 Å². The van der Waals surface area contributed by atoms with Gasteiger partial charge in [-0.3, -0.25) is 0 Å². The number of carbonyl (C=O) groups excluding carboxylic acids is 3. The molecule has 3 rings (SSSR count). The summed E-state index contributed by atoms with van der Waals surface area (Å²) in [6, 6.07) is 15.9. The zero-order valence-electron chi connectivity index (χ0n) is 22.0. The van der Waals surface area contributed by atoms with E-state index in [1.54, 1.807) is 4.90 Å². The summed E-state index contributed by atoms with van der Waals surface area (Å²) >= 11 is 0. The standard InChI is InChI=1S/C28H37N3O6/c1-28(2,3)37-27(34)31-16-14-22(15-17-31)29-26(33)30-24(25(32)35-4)18-20-10-12-23(13-11-20)36-19-21-8-6-5-7-9-21/h5-13,22,24H,14-19H2,1-4H3,(H2,29,30,33)/t24-/m0/s1. The number of hydrogen-bond acceptors (Lipinski definition) is 6. The summed E-state index contributed by atoms with van der Waals surface area (Å²) in [5.74, 6) is 0.185. The number of ether oxygens (including phenoxy) is 3. The van der Waals surface area contributed by atoms with E-state index in [1.165, 1.54) is 7.11 Å². The minimum Gasteiger partial charge on any atom is -0.489 e. The predicted molar refractivity (Wildman–Crippen MR) is 139 cm³/mol. The van der Waals surface area contributed by atoms with E-state index in [1.807, 2.05) is 75.4 Å². The van der Waals surface area contributed by atoms with Crippen molar-refractivity contribution in [1.29, 1.82) is 0 Å². The molecular weight excluding hydrogens is 474 g/mol. The Morgan fingerprint density at radius 2 is 1.62 bits per heavy atom. The van der Waals surface area contributed by atoms with E-state index in [0.717, 1.165) is 11.1 Å². The predicted octanol–water partition coefficient (Wildman–Crippen LogP) is 4.05. The molecule has 2 aromatic rings. The summed E-state index contributed by atoms with van der Waals surface area (Å²) < 4.78 is 16.1. The number of nitrogens with one attached hydrogen (secondary N) is 2. The minimum absolute atomic E-state index is 0.113. The van der Waals surface area contributed by atoms with Crippen LogP contribution < -0.4 is 15.4 Å². The van der Waals surface area contributed by atoms with E-state index >= 15 is 0 Å². The van der Waals surface area contributed by atoms with Crippen LogP contribution in [0, 0.1) is 0 Å². The Morgan fingerprint density at radius 1 is 0.973 bits per heavy atom. The van der Waals surface area contributed by atoms with Gasteiger partial charge in [0.2, 0.25) is 0 Å². The van der Waals surface area contributed by atoms with Crippen LogP contribution in [0.15, 0.2) is 54.6 Å². The first-order valence-corrected chi connectivity index (χ1v) is 12.5. The van der Waals surface area contributed by atoms with Gasteiger partial charge in [-0.25, -0.2) is 14.4 Å². The van der Waals surface area contributed by atoms with Crippen molar-refractivity contribution in [3.05, 3.63) is 65.7 Å². The van der Waals surface area contributed by atoms with Gasteiger partial charge >= 0.3 is 18.1 Å². The van der Waals surface area contributed by atoms with Gasteiger partial charge in [-0.15, -0.1) is 0 Å². The number of esters is 1. The van der Waals surface area contributed by atoms with Crippen molar-refractivity contribution < 1.29 is 28.6 Å². The maximum Gasteiger partial charge on any atom is 0.410 e. The van der Waals surface area contributed by atoms with Crippen LogP contribution in [0.2, 0.25) is 0 Å². The molecule has 0 saturated carbocycles. The smallest absolute Gasteiger partial charge is 0.410 e. The molecule has 9 heteroatoms. The largest absolute Gasteiger partial charge is 0.489 e. The number of nitrogens with zero attached hydrogens (tertiary/aromatic N) is 1. The van der Waals surface area contributed by atoms with Crippen molar-refractivity contribution in [3.8, 4) is 5.75 Å². The molecule has 0 aromatic heterocycles. The molecule has 37 heavy (non-hydrogen) atoms. The second-order valence-corrected chi connectivity index (χ2v) is 10.1. The molecule has 1 heterocycles. The minimum atomic E-state index is -0.845. The lowest BCUT2D eigenvalue weighted by molar-refractivity contribution is -0.142. The molecule has 0 spiro atoms. The second kappa shape index (κ2) is 13.0. The quantitative estimate of drug-likeness (QED) is 0.518. The van der Waals surface area contributed by atoms with Gasteiger partial charge in [-0.1, -0.05) is 42.5 Å². The van der Waals surface area contributed by atoms with Gasteiger partial charge in [0.15, 0.2) is 0 Å². The first-order chi connectivity index (χ1) is 17.6. The van der Waals surface area contributed by atoms with Crippen LogP contribution in [0.1, 0.15) is 44.7 Å². The molecule has 1 aliphatic rings. The van der Waals surface area contributed by atoms with E-state index in [9.17, 15) is 14.4 Å².